The maximum absolute atomic E-state index is 14.1. The van der Waals surface area contributed by atoms with Gasteiger partial charge in [-0.05, 0) is 38.3 Å². The molecule has 40 heavy (non-hydrogen) atoms. The van der Waals surface area contributed by atoms with Crippen LogP contribution in [0.2, 0.25) is 0 Å². The molecule has 0 aliphatic carbocycles. The zero-order chi connectivity index (χ0) is 28.0. The second kappa shape index (κ2) is 10.6. The molecular formula is C27H29F2N5O6. The highest BCUT2D eigenvalue weighted by Gasteiger charge is 2.48. The standard InChI is InChI=1S/C27H29F2N5O6/c28-16-6-5-15(19(29)9-16)10-31-25(36)18-12-32-13-21-33-8-2-3-17(33)11-34(21)26(37)22(32)24(23(18)35)39-14-40-27(38)20-4-1-7-30-20/h5-6,9,12,17,20-21,30H,1-4,7-8,10-11,13-14H2,(H,31,36)/t17-,20+,21+/m1/s1. The Labute approximate surface area is 228 Å². The summed E-state index contributed by atoms with van der Waals surface area (Å²) in [6.45, 7) is 1.48. The predicted octanol–water partition coefficient (Wildman–Crippen LogP) is 0.948. The molecule has 4 aliphatic rings. The summed E-state index contributed by atoms with van der Waals surface area (Å²) >= 11 is 0. The van der Waals surface area contributed by atoms with Gasteiger partial charge in [0, 0.05) is 43.5 Å². The minimum absolute atomic E-state index is 0.0152. The molecule has 5 heterocycles. The molecule has 0 bridgehead atoms. The number of carbonyl (C=O) groups excluding carboxylic acids is 3. The maximum Gasteiger partial charge on any atom is 0.326 e. The van der Waals surface area contributed by atoms with E-state index < -0.39 is 47.7 Å². The summed E-state index contributed by atoms with van der Waals surface area (Å²) in [4.78, 5) is 56.6. The molecule has 3 fully saturated rings. The highest BCUT2D eigenvalue weighted by Crippen LogP contribution is 2.35. The van der Waals surface area contributed by atoms with Gasteiger partial charge < -0.3 is 29.6 Å². The van der Waals surface area contributed by atoms with Crippen LogP contribution in [0.15, 0.2) is 29.2 Å². The molecule has 13 heteroatoms. The van der Waals surface area contributed by atoms with Gasteiger partial charge in [-0.2, -0.15) is 0 Å². The second-order valence-corrected chi connectivity index (χ2v) is 10.5. The number of nitrogens with zero attached hydrogens (tertiary/aromatic N) is 3. The first-order valence-corrected chi connectivity index (χ1v) is 13.4. The van der Waals surface area contributed by atoms with Crippen LogP contribution in [0, 0.1) is 11.6 Å². The Morgan fingerprint density at radius 1 is 1.12 bits per heavy atom. The van der Waals surface area contributed by atoms with Crippen molar-refractivity contribution in [2.24, 2.45) is 0 Å². The number of fused-ring (bicyclic) bond motifs is 4. The lowest BCUT2D eigenvalue weighted by Gasteiger charge is -2.36. The van der Waals surface area contributed by atoms with Crippen LogP contribution in [0.5, 0.6) is 5.75 Å². The van der Waals surface area contributed by atoms with Gasteiger partial charge in [0.2, 0.25) is 18.0 Å². The van der Waals surface area contributed by atoms with Gasteiger partial charge >= 0.3 is 5.97 Å². The number of benzene rings is 1. The molecule has 11 nitrogen and oxygen atoms in total. The van der Waals surface area contributed by atoms with Crippen LogP contribution >= 0.6 is 0 Å². The van der Waals surface area contributed by atoms with Crippen molar-refractivity contribution >= 4 is 17.8 Å². The lowest BCUT2D eigenvalue weighted by atomic mass is 10.1. The van der Waals surface area contributed by atoms with Gasteiger partial charge in [-0.1, -0.05) is 6.07 Å². The number of esters is 1. The fourth-order valence-corrected chi connectivity index (χ4v) is 6.08. The summed E-state index contributed by atoms with van der Waals surface area (Å²) < 4.78 is 39.7. The fourth-order valence-electron chi connectivity index (χ4n) is 6.08. The largest absolute Gasteiger partial charge is 0.451 e. The third-order valence-electron chi connectivity index (χ3n) is 8.08. The minimum atomic E-state index is -0.857. The quantitative estimate of drug-likeness (QED) is 0.381. The first kappa shape index (κ1) is 26.4. The SMILES string of the molecule is O=C(NCc1ccc(F)cc1F)c1cn2c(c(OCOC(=O)[C@@H]3CCCN3)c1=O)C(=O)N1C[C@H]3CCCN3[C@@H]1C2. The molecule has 2 amide bonds. The Balaban J connectivity index is 1.29. The van der Waals surface area contributed by atoms with Crippen molar-refractivity contribution in [2.45, 2.75) is 57.0 Å². The second-order valence-electron chi connectivity index (χ2n) is 10.5. The summed E-state index contributed by atoms with van der Waals surface area (Å²) in [5, 5.41) is 5.50. The van der Waals surface area contributed by atoms with Gasteiger partial charge in [-0.25, -0.2) is 8.78 Å². The molecule has 6 rings (SSSR count). The van der Waals surface area contributed by atoms with Crippen molar-refractivity contribution < 1.29 is 32.6 Å². The Kier molecular flexibility index (Phi) is 7.00. The lowest BCUT2D eigenvalue weighted by Crippen LogP contribution is -2.50. The van der Waals surface area contributed by atoms with Crippen molar-refractivity contribution in [1.29, 1.82) is 0 Å². The number of pyridine rings is 1. The molecule has 1 aromatic heterocycles. The number of aromatic nitrogens is 1. The van der Waals surface area contributed by atoms with E-state index in [9.17, 15) is 28.0 Å². The average molecular weight is 558 g/mol. The highest BCUT2D eigenvalue weighted by atomic mass is 19.1. The van der Waals surface area contributed by atoms with Crippen LogP contribution in [0.25, 0.3) is 0 Å². The van der Waals surface area contributed by atoms with Crippen molar-refractivity contribution in [1.82, 2.24) is 25.0 Å². The van der Waals surface area contributed by atoms with Gasteiger partial charge in [0.05, 0.1) is 6.54 Å². The normalized spacial score (nSPS) is 23.5. The summed E-state index contributed by atoms with van der Waals surface area (Å²) in [7, 11) is 0. The van der Waals surface area contributed by atoms with Gasteiger partial charge in [-0.15, -0.1) is 0 Å². The molecule has 4 aliphatic heterocycles. The van der Waals surface area contributed by atoms with Crippen molar-refractivity contribution in [3.63, 3.8) is 0 Å². The van der Waals surface area contributed by atoms with Crippen molar-refractivity contribution in [3.8, 4) is 5.75 Å². The van der Waals surface area contributed by atoms with Crippen molar-refractivity contribution in [2.75, 3.05) is 26.4 Å². The number of amides is 2. The Morgan fingerprint density at radius 3 is 2.75 bits per heavy atom. The van der Waals surface area contributed by atoms with Crippen LogP contribution in [0.4, 0.5) is 8.78 Å². The molecule has 3 saturated heterocycles. The van der Waals surface area contributed by atoms with E-state index in [4.69, 9.17) is 9.47 Å². The Hall–Kier alpha value is -3.84. The van der Waals surface area contributed by atoms with E-state index in [1.54, 1.807) is 4.90 Å². The number of halogens is 2. The monoisotopic (exact) mass is 557 g/mol. The zero-order valence-electron chi connectivity index (χ0n) is 21.7. The minimum Gasteiger partial charge on any atom is -0.451 e. The molecule has 0 unspecified atom stereocenters. The number of ether oxygens (including phenoxy) is 2. The summed E-state index contributed by atoms with van der Waals surface area (Å²) in [5.74, 6) is -3.73. The van der Waals surface area contributed by atoms with E-state index in [0.29, 0.717) is 32.1 Å². The van der Waals surface area contributed by atoms with Crippen LogP contribution in [-0.2, 0) is 22.6 Å². The van der Waals surface area contributed by atoms with Gasteiger partial charge in [-0.3, -0.25) is 24.1 Å². The van der Waals surface area contributed by atoms with Crippen LogP contribution in [0.3, 0.4) is 0 Å². The molecule has 1 aromatic carbocycles. The maximum atomic E-state index is 14.1. The molecule has 0 spiro atoms. The smallest absolute Gasteiger partial charge is 0.326 e. The number of carbonyl (C=O) groups is 3. The third-order valence-corrected chi connectivity index (χ3v) is 8.08. The first-order chi connectivity index (χ1) is 19.3. The zero-order valence-corrected chi connectivity index (χ0v) is 21.7. The molecule has 3 atom stereocenters. The fraction of sp³-hybridized carbons (Fsp3) is 0.481. The van der Waals surface area contributed by atoms with E-state index in [2.05, 4.69) is 15.5 Å². The molecular weight excluding hydrogens is 528 g/mol. The van der Waals surface area contributed by atoms with Gasteiger partial charge in [0.25, 0.3) is 11.8 Å². The van der Waals surface area contributed by atoms with E-state index in [1.807, 2.05) is 0 Å². The number of nitrogens with one attached hydrogen (secondary N) is 2. The van der Waals surface area contributed by atoms with E-state index in [-0.39, 0.29) is 41.3 Å². The summed E-state index contributed by atoms with van der Waals surface area (Å²) in [5.41, 5.74) is -1.15. The number of hydrogen-bond donors (Lipinski definition) is 2. The van der Waals surface area contributed by atoms with E-state index in [0.717, 1.165) is 31.9 Å². The van der Waals surface area contributed by atoms with E-state index in [1.165, 1.54) is 16.8 Å². The van der Waals surface area contributed by atoms with Gasteiger partial charge in [0.15, 0.2) is 5.69 Å². The highest BCUT2D eigenvalue weighted by molar-refractivity contribution is 5.99. The number of rotatable bonds is 7. The lowest BCUT2D eigenvalue weighted by molar-refractivity contribution is -0.152. The van der Waals surface area contributed by atoms with E-state index >= 15 is 0 Å². The topological polar surface area (TPSA) is 122 Å². The predicted molar refractivity (Wildman–Crippen MR) is 135 cm³/mol. The van der Waals surface area contributed by atoms with Gasteiger partial charge in [0.1, 0.15) is 29.4 Å². The average Bonchev–Trinajstić information content (AvgIpc) is 3.68. The third kappa shape index (κ3) is 4.73. The van der Waals surface area contributed by atoms with Crippen molar-refractivity contribution in [3.05, 3.63) is 63.1 Å². The Bertz CT molecular complexity index is 1420. The summed E-state index contributed by atoms with van der Waals surface area (Å²) in [6.07, 6.45) is 4.54. The molecule has 0 radical (unpaired) electrons. The van der Waals surface area contributed by atoms with Crippen LogP contribution in [-0.4, -0.2) is 76.8 Å². The summed E-state index contributed by atoms with van der Waals surface area (Å²) in [6, 6.07) is 2.73. The molecule has 2 aromatic rings. The first-order valence-electron chi connectivity index (χ1n) is 13.4. The van der Waals surface area contributed by atoms with Crippen LogP contribution < -0.4 is 20.8 Å². The number of hydrogen-bond acceptors (Lipinski definition) is 8. The molecule has 212 valence electrons. The molecule has 2 N–H and O–H groups in total. The Morgan fingerprint density at radius 2 is 1.98 bits per heavy atom. The van der Waals surface area contributed by atoms with Crippen LogP contribution in [0.1, 0.15) is 52.1 Å². The molecule has 0 saturated carbocycles.